The Hall–Kier alpha value is -2.93. The molecule has 0 fully saturated rings. The molecule has 0 saturated heterocycles. The number of benzene rings is 1. The van der Waals surface area contributed by atoms with Crippen LogP contribution in [0, 0.1) is 6.92 Å². The van der Waals surface area contributed by atoms with Crippen molar-refractivity contribution in [1.29, 1.82) is 0 Å². The fourth-order valence-corrected chi connectivity index (χ4v) is 1.85. The molecule has 0 aliphatic carbocycles. The van der Waals surface area contributed by atoms with E-state index in [4.69, 9.17) is 9.47 Å². The smallest absolute Gasteiger partial charge is 0.338 e. The molecule has 0 bridgehead atoms. The van der Waals surface area contributed by atoms with Gasteiger partial charge in [-0.3, -0.25) is 14.3 Å². The molecule has 0 aliphatic rings. The van der Waals surface area contributed by atoms with Crippen LogP contribution in [-0.2, 0) is 16.2 Å². The number of rotatable bonds is 7. The lowest BCUT2D eigenvalue weighted by Crippen LogP contribution is -2.31. The minimum Gasteiger partial charge on any atom is -0.458 e. The van der Waals surface area contributed by atoms with Crippen molar-refractivity contribution in [3.63, 3.8) is 0 Å². The van der Waals surface area contributed by atoms with Crippen LogP contribution < -0.4 is 11.2 Å². The maximum atomic E-state index is 11.7. The quantitative estimate of drug-likeness (QED) is 0.468. The van der Waals surface area contributed by atoms with E-state index < -0.39 is 17.2 Å². The average Bonchev–Trinajstić information content (AvgIpc) is 2.59. The number of ether oxygens (including phenoxy) is 2. The summed E-state index contributed by atoms with van der Waals surface area (Å²) in [6.07, 6.45) is 4.77. The van der Waals surface area contributed by atoms with E-state index in [0.29, 0.717) is 11.1 Å². The molecule has 0 unspecified atom stereocenters. The summed E-state index contributed by atoms with van der Waals surface area (Å²) in [6, 6.07) is 8.71. The minimum absolute atomic E-state index is 0.0184. The number of esters is 1. The van der Waals surface area contributed by atoms with Crippen molar-refractivity contribution in [2.45, 2.75) is 13.7 Å². The molecule has 1 aromatic carbocycles. The molecule has 0 atom stereocenters. The van der Waals surface area contributed by atoms with E-state index in [1.807, 2.05) is 6.07 Å². The molecule has 1 N–H and O–H groups in total. The van der Waals surface area contributed by atoms with Gasteiger partial charge in [0.2, 0.25) is 0 Å². The molecule has 0 saturated carbocycles. The Bertz CT molecular complexity index is 821. The number of aromatic amines is 1. The number of aromatic nitrogens is 2. The molecule has 7 nitrogen and oxygen atoms in total. The van der Waals surface area contributed by atoms with Crippen LogP contribution in [-0.4, -0.2) is 28.7 Å². The largest absolute Gasteiger partial charge is 0.458 e. The molecule has 2 aromatic rings. The Labute approximate surface area is 138 Å². The van der Waals surface area contributed by atoms with Gasteiger partial charge in [0.25, 0.3) is 5.56 Å². The van der Waals surface area contributed by atoms with E-state index in [1.54, 1.807) is 43.3 Å². The van der Waals surface area contributed by atoms with Crippen LogP contribution in [0.15, 0.2) is 58.3 Å². The highest BCUT2D eigenvalue weighted by Crippen LogP contribution is 2.00. The van der Waals surface area contributed by atoms with E-state index in [2.05, 4.69) is 4.98 Å². The molecule has 7 heteroatoms. The second-order valence-corrected chi connectivity index (χ2v) is 4.98. The van der Waals surface area contributed by atoms with Crippen molar-refractivity contribution in [3.8, 4) is 0 Å². The van der Waals surface area contributed by atoms with Crippen LogP contribution in [0.5, 0.6) is 0 Å². The molecule has 126 valence electrons. The van der Waals surface area contributed by atoms with Gasteiger partial charge in [0.15, 0.2) is 0 Å². The highest BCUT2D eigenvalue weighted by atomic mass is 16.5. The molecular formula is C17H18N2O5. The number of H-pyrrole nitrogens is 1. The van der Waals surface area contributed by atoms with Crippen LogP contribution in [0.3, 0.4) is 0 Å². The Morgan fingerprint density at radius 1 is 1.17 bits per heavy atom. The monoisotopic (exact) mass is 330 g/mol. The predicted octanol–water partition coefficient (Wildman–Crippen LogP) is 1.23. The lowest BCUT2D eigenvalue weighted by molar-refractivity contribution is 0.0547. The van der Waals surface area contributed by atoms with Crippen LogP contribution >= 0.6 is 0 Å². The van der Waals surface area contributed by atoms with Crippen molar-refractivity contribution < 1.29 is 14.3 Å². The van der Waals surface area contributed by atoms with Gasteiger partial charge in [-0.1, -0.05) is 24.3 Å². The van der Waals surface area contributed by atoms with Crippen molar-refractivity contribution in [2.24, 2.45) is 0 Å². The van der Waals surface area contributed by atoms with Crippen molar-refractivity contribution in [1.82, 2.24) is 9.55 Å². The molecule has 0 radical (unpaired) electrons. The van der Waals surface area contributed by atoms with Crippen LogP contribution in [0.25, 0.3) is 0 Å². The first-order valence-corrected chi connectivity index (χ1v) is 7.33. The Balaban J connectivity index is 1.70. The maximum Gasteiger partial charge on any atom is 0.338 e. The van der Waals surface area contributed by atoms with Gasteiger partial charge in [-0.05, 0) is 25.1 Å². The summed E-state index contributed by atoms with van der Waals surface area (Å²) in [5.74, 6) is -0.392. The maximum absolute atomic E-state index is 11.7. The minimum atomic E-state index is -0.522. The number of hydrogen-bond acceptors (Lipinski definition) is 5. The topological polar surface area (TPSA) is 90.4 Å². The van der Waals surface area contributed by atoms with E-state index >= 15 is 0 Å². The second kappa shape index (κ2) is 8.64. The van der Waals surface area contributed by atoms with E-state index in [9.17, 15) is 14.4 Å². The molecule has 1 heterocycles. The average molecular weight is 330 g/mol. The standard InChI is InChI=1S/C17H18N2O5/c1-13-11-19(17(22)18-15(13)20)12-23-9-5-6-10-24-16(21)14-7-3-2-4-8-14/h2-8,11H,9-10,12H2,1H3,(H,18,20,22)/b6-5-. The van der Waals surface area contributed by atoms with Gasteiger partial charge < -0.3 is 9.47 Å². The molecule has 0 spiro atoms. The molecule has 0 aliphatic heterocycles. The van der Waals surface area contributed by atoms with Gasteiger partial charge >= 0.3 is 11.7 Å². The van der Waals surface area contributed by atoms with Gasteiger partial charge in [0.1, 0.15) is 13.3 Å². The third kappa shape index (κ3) is 5.06. The third-order valence-corrected chi connectivity index (χ3v) is 3.12. The summed E-state index contributed by atoms with van der Waals surface area (Å²) in [5, 5.41) is 0. The Kier molecular flexibility index (Phi) is 6.27. The van der Waals surface area contributed by atoms with Gasteiger partial charge in [0, 0.05) is 11.8 Å². The summed E-state index contributed by atoms with van der Waals surface area (Å²) < 4.78 is 11.6. The Morgan fingerprint density at radius 2 is 1.88 bits per heavy atom. The molecule has 0 amide bonds. The van der Waals surface area contributed by atoms with Gasteiger partial charge in [-0.25, -0.2) is 9.59 Å². The first-order chi connectivity index (χ1) is 11.6. The van der Waals surface area contributed by atoms with Crippen molar-refractivity contribution in [3.05, 3.63) is 80.6 Å². The molecule has 1 aromatic heterocycles. The van der Waals surface area contributed by atoms with Crippen LogP contribution in [0.1, 0.15) is 15.9 Å². The fraction of sp³-hybridized carbons (Fsp3) is 0.235. The molecular weight excluding hydrogens is 312 g/mol. The summed E-state index contributed by atoms with van der Waals surface area (Å²) in [4.78, 5) is 36.6. The fourth-order valence-electron chi connectivity index (χ4n) is 1.85. The van der Waals surface area contributed by atoms with Crippen LogP contribution in [0.2, 0.25) is 0 Å². The van der Waals surface area contributed by atoms with E-state index in [0.717, 1.165) is 0 Å². The summed E-state index contributed by atoms with van der Waals surface area (Å²) in [6.45, 7) is 2.00. The summed E-state index contributed by atoms with van der Waals surface area (Å²) in [5.41, 5.74) is -0.000667. The number of nitrogens with zero attached hydrogens (tertiary/aromatic N) is 1. The van der Waals surface area contributed by atoms with Gasteiger partial charge in [0.05, 0.1) is 12.2 Å². The number of hydrogen-bond donors (Lipinski definition) is 1. The van der Waals surface area contributed by atoms with E-state index in [1.165, 1.54) is 10.8 Å². The van der Waals surface area contributed by atoms with Crippen LogP contribution in [0.4, 0.5) is 0 Å². The predicted molar refractivity (Wildman–Crippen MR) is 87.9 cm³/mol. The van der Waals surface area contributed by atoms with Gasteiger partial charge in [-0.2, -0.15) is 0 Å². The van der Waals surface area contributed by atoms with Crippen molar-refractivity contribution >= 4 is 5.97 Å². The third-order valence-electron chi connectivity index (χ3n) is 3.12. The number of nitrogens with one attached hydrogen (secondary N) is 1. The normalized spacial score (nSPS) is 10.9. The van der Waals surface area contributed by atoms with Gasteiger partial charge in [-0.15, -0.1) is 0 Å². The first-order valence-electron chi connectivity index (χ1n) is 7.33. The number of aryl methyl sites for hydroxylation is 1. The molecule has 2 rings (SSSR count). The summed E-state index contributed by atoms with van der Waals surface area (Å²) in [7, 11) is 0. The van der Waals surface area contributed by atoms with E-state index in [-0.39, 0.29) is 19.9 Å². The number of carbonyl (C=O) groups is 1. The first kappa shape index (κ1) is 17.4. The zero-order valence-electron chi connectivity index (χ0n) is 13.2. The Morgan fingerprint density at radius 3 is 2.62 bits per heavy atom. The molecule has 24 heavy (non-hydrogen) atoms. The highest BCUT2D eigenvalue weighted by molar-refractivity contribution is 5.89. The highest BCUT2D eigenvalue weighted by Gasteiger charge is 2.03. The lowest BCUT2D eigenvalue weighted by atomic mass is 10.2. The summed E-state index contributed by atoms with van der Waals surface area (Å²) >= 11 is 0. The lowest BCUT2D eigenvalue weighted by Gasteiger charge is -2.05. The van der Waals surface area contributed by atoms with Crippen molar-refractivity contribution in [2.75, 3.05) is 13.2 Å². The zero-order chi connectivity index (χ0) is 17.4. The second-order valence-electron chi connectivity index (χ2n) is 4.98. The SMILES string of the molecule is Cc1cn(COC/C=C\COC(=O)c2ccccc2)c(=O)[nH]c1=O. The zero-order valence-corrected chi connectivity index (χ0v) is 13.2. The number of carbonyl (C=O) groups excluding carboxylic acids is 1.